The van der Waals surface area contributed by atoms with E-state index >= 15 is 0 Å². The number of likely N-dealkylation sites (tertiary alicyclic amines) is 1. The van der Waals surface area contributed by atoms with Gasteiger partial charge in [0.2, 0.25) is 11.8 Å². The number of benzene rings is 1. The molecule has 4 atom stereocenters. The highest BCUT2D eigenvalue weighted by Crippen LogP contribution is 2.52. The molecule has 1 heterocycles. The molecule has 0 unspecified atom stereocenters. The molecule has 1 saturated carbocycles. The molecule has 114 valence electrons. The number of hydrogen-bond acceptors (Lipinski definition) is 3. The Hall–Kier alpha value is -2.10. The Bertz CT molecular complexity index is 664. The Kier molecular flexibility index (Phi) is 2.90. The summed E-state index contributed by atoms with van der Waals surface area (Å²) in [6, 6.07) is 6.15. The number of carbonyl (C=O) groups excluding carboxylic acids is 2. The maximum atomic E-state index is 12.6. The number of anilines is 1. The van der Waals surface area contributed by atoms with E-state index in [0.29, 0.717) is 0 Å². The summed E-state index contributed by atoms with van der Waals surface area (Å²) in [5.74, 6) is 0.342. The number of fused-ring (bicyclic) bond motifs is 5. The molecule has 2 fully saturated rings. The first-order valence-corrected chi connectivity index (χ1v) is 7.91. The molecule has 0 spiro atoms. The molecule has 4 rings (SSSR count). The quantitative estimate of drug-likeness (QED) is 0.688. The zero-order valence-electron chi connectivity index (χ0n) is 12.9. The molecule has 1 aromatic rings. The summed E-state index contributed by atoms with van der Waals surface area (Å²) in [6.07, 6.45) is 5.22. The number of rotatable bonds is 3. The maximum Gasteiger partial charge on any atom is 0.235 e. The number of amides is 2. The predicted octanol–water partition coefficient (Wildman–Crippen LogP) is 2.48. The van der Waals surface area contributed by atoms with Crippen LogP contribution in [0.2, 0.25) is 0 Å². The molecule has 4 nitrogen and oxygen atoms in total. The van der Waals surface area contributed by atoms with E-state index in [0.717, 1.165) is 23.2 Å². The number of allylic oxidation sites excluding steroid dienone is 2. The lowest BCUT2D eigenvalue weighted by molar-refractivity contribution is -0.140. The summed E-state index contributed by atoms with van der Waals surface area (Å²) in [5, 5.41) is 3.26. The third kappa shape index (κ3) is 1.83. The average molecular weight is 296 g/mol. The first-order valence-electron chi connectivity index (χ1n) is 7.91. The fraction of sp³-hybridized carbons (Fsp3) is 0.444. The Morgan fingerprint density at radius 3 is 2.36 bits per heavy atom. The minimum absolute atomic E-state index is 0.00431. The van der Waals surface area contributed by atoms with Gasteiger partial charge in [0.05, 0.1) is 18.5 Å². The molecular formula is C18H20N2O2. The van der Waals surface area contributed by atoms with E-state index in [1.54, 1.807) is 0 Å². The van der Waals surface area contributed by atoms with Gasteiger partial charge in [0.25, 0.3) is 0 Å². The summed E-state index contributed by atoms with van der Waals surface area (Å²) in [5.41, 5.74) is 3.26. The first kappa shape index (κ1) is 13.6. The Labute approximate surface area is 130 Å². The van der Waals surface area contributed by atoms with Gasteiger partial charge in [-0.1, -0.05) is 24.3 Å². The number of aryl methyl sites for hydroxylation is 2. The highest BCUT2D eigenvalue weighted by molar-refractivity contribution is 6.06. The van der Waals surface area contributed by atoms with Gasteiger partial charge >= 0.3 is 0 Å². The van der Waals surface area contributed by atoms with Gasteiger partial charge in [0.15, 0.2) is 0 Å². The van der Waals surface area contributed by atoms with Crippen LogP contribution in [0.15, 0.2) is 30.4 Å². The summed E-state index contributed by atoms with van der Waals surface area (Å²) in [7, 11) is 0. The first-order chi connectivity index (χ1) is 10.6. The number of nitrogens with zero attached hydrogens (tertiary/aromatic N) is 1. The SMILES string of the molecule is Cc1ccc(C)c(NCN2C(=O)[C@@H]3[C@H](C2=O)[C@@H]2C=C[C@@H]3C2)c1. The van der Waals surface area contributed by atoms with E-state index < -0.39 is 0 Å². The van der Waals surface area contributed by atoms with E-state index in [4.69, 9.17) is 0 Å². The number of carbonyl (C=O) groups is 2. The van der Waals surface area contributed by atoms with Gasteiger partial charge in [0.1, 0.15) is 0 Å². The lowest BCUT2D eigenvalue weighted by Crippen LogP contribution is -2.37. The largest absolute Gasteiger partial charge is 0.367 e. The van der Waals surface area contributed by atoms with Crippen LogP contribution in [0.4, 0.5) is 5.69 Å². The van der Waals surface area contributed by atoms with E-state index in [-0.39, 0.29) is 42.2 Å². The molecular weight excluding hydrogens is 276 g/mol. The third-order valence-corrected chi connectivity index (χ3v) is 5.38. The van der Waals surface area contributed by atoms with Gasteiger partial charge in [-0.15, -0.1) is 0 Å². The van der Waals surface area contributed by atoms with Gasteiger partial charge in [-0.3, -0.25) is 14.5 Å². The van der Waals surface area contributed by atoms with E-state index in [2.05, 4.69) is 23.5 Å². The van der Waals surface area contributed by atoms with Crippen LogP contribution in [-0.2, 0) is 9.59 Å². The molecule has 1 N–H and O–H groups in total. The van der Waals surface area contributed by atoms with Crippen LogP contribution in [0.25, 0.3) is 0 Å². The molecule has 2 amide bonds. The summed E-state index contributed by atoms with van der Waals surface area (Å²) < 4.78 is 0. The van der Waals surface area contributed by atoms with E-state index in [1.807, 2.05) is 26.0 Å². The lowest BCUT2D eigenvalue weighted by atomic mass is 9.85. The van der Waals surface area contributed by atoms with Crippen LogP contribution in [0.1, 0.15) is 17.5 Å². The monoisotopic (exact) mass is 296 g/mol. The zero-order chi connectivity index (χ0) is 15.4. The van der Waals surface area contributed by atoms with Crippen molar-refractivity contribution in [1.29, 1.82) is 0 Å². The molecule has 4 heteroatoms. The lowest BCUT2D eigenvalue weighted by Gasteiger charge is -2.19. The van der Waals surface area contributed by atoms with Gasteiger partial charge < -0.3 is 5.32 Å². The van der Waals surface area contributed by atoms with E-state index in [1.165, 1.54) is 4.90 Å². The van der Waals surface area contributed by atoms with Gasteiger partial charge in [-0.05, 0) is 49.3 Å². The van der Waals surface area contributed by atoms with Crippen molar-refractivity contribution in [2.24, 2.45) is 23.7 Å². The standard InChI is InChI=1S/C18H20N2O2/c1-10-3-4-11(2)14(7-10)19-9-20-17(21)15-12-5-6-13(8-12)16(15)18(20)22/h3-7,12-13,15-16,19H,8-9H2,1-2H3/t12-,13-,15-,16+/m1/s1. The highest BCUT2D eigenvalue weighted by atomic mass is 16.2. The molecule has 0 radical (unpaired) electrons. The Morgan fingerprint density at radius 1 is 1.09 bits per heavy atom. The summed E-state index contributed by atoms with van der Waals surface area (Å²) in [4.78, 5) is 26.6. The van der Waals surface area contributed by atoms with Crippen LogP contribution < -0.4 is 5.32 Å². The molecule has 22 heavy (non-hydrogen) atoms. The normalized spacial score (nSPS) is 32.0. The van der Waals surface area contributed by atoms with Crippen molar-refractivity contribution in [3.8, 4) is 0 Å². The second kappa shape index (κ2) is 4.70. The molecule has 1 aliphatic heterocycles. The molecule has 2 bridgehead atoms. The minimum atomic E-state index is -0.108. The van der Waals surface area contributed by atoms with Crippen LogP contribution in [0, 0.1) is 37.5 Å². The average Bonchev–Trinajstić information content (AvgIpc) is 3.16. The summed E-state index contributed by atoms with van der Waals surface area (Å²) >= 11 is 0. The molecule has 1 saturated heterocycles. The van der Waals surface area contributed by atoms with Crippen molar-refractivity contribution in [2.75, 3.05) is 12.0 Å². The number of imide groups is 1. The molecule has 1 aromatic carbocycles. The maximum absolute atomic E-state index is 12.6. The Morgan fingerprint density at radius 2 is 1.73 bits per heavy atom. The van der Waals surface area contributed by atoms with Crippen molar-refractivity contribution >= 4 is 17.5 Å². The third-order valence-electron chi connectivity index (χ3n) is 5.38. The highest BCUT2D eigenvalue weighted by Gasteiger charge is 2.59. The van der Waals surface area contributed by atoms with Crippen LogP contribution in [0.3, 0.4) is 0 Å². The van der Waals surface area contributed by atoms with Crippen molar-refractivity contribution in [2.45, 2.75) is 20.3 Å². The second-order valence-corrected chi connectivity index (χ2v) is 6.76. The van der Waals surface area contributed by atoms with Crippen molar-refractivity contribution < 1.29 is 9.59 Å². The van der Waals surface area contributed by atoms with E-state index in [9.17, 15) is 9.59 Å². The van der Waals surface area contributed by atoms with Gasteiger partial charge in [-0.25, -0.2) is 0 Å². The topological polar surface area (TPSA) is 49.4 Å². The molecule has 3 aliphatic rings. The van der Waals surface area contributed by atoms with Crippen LogP contribution >= 0.6 is 0 Å². The molecule has 0 aromatic heterocycles. The Balaban J connectivity index is 1.51. The van der Waals surface area contributed by atoms with Gasteiger partial charge in [0, 0.05) is 5.69 Å². The fourth-order valence-electron chi connectivity index (χ4n) is 4.21. The minimum Gasteiger partial charge on any atom is -0.367 e. The van der Waals surface area contributed by atoms with Crippen LogP contribution in [0.5, 0.6) is 0 Å². The molecule has 2 aliphatic carbocycles. The van der Waals surface area contributed by atoms with Crippen molar-refractivity contribution in [3.05, 3.63) is 41.5 Å². The predicted molar refractivity (Wildman–Crippen MR) is 84.0 cm³/mol. The smallest absolute Gasteiger partial charge is 0.235 e. The zero-order valence-corrected chi connectivity index (χ0v) is 12.9. The van der Waals surface area contributed by atoms with Crippen molar-refractivity contribution in [1.82, 2.24) is 4.90 Å². The number of nitrogens with one attached hydrogen (secondary N) is 1. The fourth-order valence-corrected chi connectivity index (χ4v) is 4.21. The van der Waals surface area contributed by atoms with Crippen LogP contribution in [-0.4, -0.2) is 23.4 Å². The van der Waals surface area contributed by atoms with Gasteiger partial charge in [-0.2, -0.15) is 0 Å². The van der Waals surface area contributed by atoms with Crippen molar-refractivity contribution in [3.63, 3.8) is 0 Å². The second-order valence-electron chi connectivity index (χ2n) is 6.76. The summed E-state index contributed by atoms with van der Waals surface area (Å²) in [6.45, 7) is 4.33. The number of hydrogen-bond donors (Lipinski definition) is 1.